The van der Waals surface area contributed by atoms with E-state index in [0.29, 0.717) is 24.4 Å². The van der Waals surface area contributed by atoms with Crippen LogP contribution in [0.1, 0.15) is 92.1 Å². The zero-order valence-electron chi connectivity index (χ0n) is 46.4. The molecule has 0 bridgehead atoms. The van der Waals surface area contributed by atoms with E-state index in [0.717, 1.165) is 13.0 Å². The lowest BCUT2D eigenvalue weighted by molar-refractivity contribution is -0.137. The molecule has 1 aromatic carbocycles. The van der Waals surface area contributed by atoms with Gasteiger partial charge in [0.2, 0.25) is 59.1 Å². The monoisotopic (exact) mass is 1120 g/mol. The Hall–Kier alpha value is -6.36. The third-order valence-electron chi connectivity index (χ3n) is 13.5. The lowest BCUT2D eigenvalue weighted by Crippen LogP contribution is -2.62. The van der Waals surface area contributed by atoms with Gasteiger partial charge in [-0.25, -0.2) is 0 Å². The Balaban J connectivity index is 2.06. The molecule has 2 heterocycles. The Labute approximate surface area is 462 Å². The average Bonchev–Trinajstić information content (AvgIpc) is 3.40. The smallest absolute Gasteiger partial charge is 0.245 e. The number of amides is 10. The molecular weight excluding hydrogens is 1030 g/mol. The highest BCUT2D eigenvalue weighted by Crippen LogP contribution is 2.23. The number of nitrogens with two attached hydrogens (primary N) is 4. The number of hydrogen-bond acceptors (Lipinski definition) is 17. The summed E-state index contributed by atoms with van der Waals surface area (Å²) in [5.74, 6) is -8.84. The summed E-state index contributed by atoms with van der Waals surface area (Å²) in [5.41, 5.74) is 24.2. The van der Waals surface area contributed by atoms with Crippen LogP contribution in [0.5, 0.6) is 0 Å². The van der Waals surface area contributed by atoms with Gasteiger partial charge in [-0.3, -0.25) is 47.9 Å². The molecule has 0 aromatic heterocycles. The fourth-order valence-electron chi connectivity index (χ4n) is 9.33. The van der Waals surface area contributed by atoms with Crippen molar-refractivity contribution in [3.05, 3.63) is 35.9 Å². The standard InChI is InChI=1S/C52H89N15O12/c1-27(2)20-32-22-33(26-57-25-32)43(70)66-42(30(6)69)52(79)65-40(24-56)50(77)62-37-15-19-58-51(78)41(29(5)68)67-47(74)36(14-18-55)60-44(71)34(12-16-53)61-48(75)38(21-28(3)4)63-49(76)39(23-31-10-8-7-9-11-31)64-45(72)35(13-17-54)59-46(37)73/h7-11,27-30,32-42,57,68-69H,12-26,53-56H2,1-6H3,(H,58,78)(H,59,73)(H,60,71)(H,61,75)(H,62,77)(H,63,76)(H,64,72)(H,65,79)(H,66,70)(H,67,74)/t29-,30-,32+,33+,34+,35+,36+,37+,38+,39-,40+,41+,42+/m1/s1. The van der Waals surface area contributed by atoms with Gasteiger partial charge >= 0.3 is 0 Å². The largest absolute Gasteiger partial charge is 0.391 e. The SMILES string of the molecule is CC(C)C[C@@H]1CNC[C@@H](C(=O)N[C@H](C(=O)N[C@@H](CN)C(=O)N[C@H]2CCNC(=O)[C@H]([C@@H](C)O)NC(=O)[C@H](CCN)NC(=O)[C@H](CCN)NC(=O)[C@H](CC(C)C)NC(=O)[C@@H](Cc3ccccc3)NC(=O)[C@H](CCN)NC2=O)[C@@H](C)O)C1. The average molecular weight is 1120 g/mol. The van der Waals surface area contributed by atoms with Gasteiger partial charge in [0.1, 0.15) is 54.4 Å². The number of hydrogen-bond donors (Lipinski definition) is 17. The van der Waals surface area contributed by atoms with Crippen molar-refractivity contribution in [2.24, 2.45) is 46.6 Å². The molecule has 2 fully saturated rings. The highest BCUT2D eigenvalue weighted by Gasteiger charge is 2.38. The minimum Gasteiger partial charge on any atom is -0.391 e. The number of rotatable bonds is 21. The fourth-order valence-corrected chi connectivity index (χ4v) is 9.33. The molecule has 0 aliphatic carbocycles. The van der Waals surface area contributed by atoms with Crippen LogP contribution in [0.25, 0.3) is 0 Å². The fraction of sp³-hybridized carbons (Fsp3) is 0.692. The summed E-state index contributed by atoms with van der Waals surface area (Å²) < 4.78 is 0. The lowest BCUT2D eigenvalue weighted by atomic mass is 9.84. The maximum absolute atomic E-state index is 14.4. The van der Waals surface area contributed by atoms with Crippen LogP contribution in [0.3, 0.4) is 0 Å². The third kappa shape index (κ3) is 22.4. The van der Waals surface area contributed by atoms with Gasteiger partial charge in [0.15, 0.2) is 0 Å². The first-order valence-electron chi connectivity index (χ1n) is 27.3. The van der Waals surface area contributed by atoms with Gasteiger partial charge in [-0.05, 0) is 108 Å². The van der Waals surface area contributed by atoms with Crippen molar-refractivity contribution in [1.82, 2.24) is 58.5 Å². The normalized spacial score (nSPS) is 26.1. The second kappa shape index (κ2) is 33.9. The van der Waals surface area contributed by atoms with E-state index in [-0.39, 0.29) is 63.6 Å². The molecule has 3 rings (SSSR count). The van der Waals surface area contributed by atoms with Gasteiger partial charge in [0.25, 0.3) is 0 Å². The number of nitrogens with one attached hydrogen (secondary N) is 11. The van der Waals surface area contributed by atoms with Crippen molar-refractivity contribution in [1.29, 1.82) is 0 Å². The first kappa shape index (κ1) is 66.9. The molecule has 21 N–H and O–H groups in total. The van der Waals surface area contributed by atoms with Gasteiger partial charge in [0, 0.05) is 26.1 Å². The Morgan fingerprint density at radius 1 is 0.608 bits per heavy atom. The molecule has 444 valence electrons. The minimum atomic E-state index is -1.66. The molecule has 0 unspecified atom stereocenters. The molecule has 2 aliphatic rings. The number of benzene rings is 1. The Morgan fingerprint density at radius 3 is 1.63 bits per heavy atom. The van der Waals surface area contributed by atoms with Crippen LogP contribution in [-0.2, 0) is 54.4 Å². The molecule has 0 spiro atoms. The van der Waals surface area contributed by atoms with E-state index in [1.807, 2.05) is 0 Å². The lowest BCUT2D eigenvalue weighted by Gasteiger charge is -2.32. The highest BCUT2D eigenvalue weighted by molar-refractivity contribution is 5.99. The number of piperidine rings is 1. The van der Waals surface area contributed by atoms with Crippen molar-refractivity contribution < 1.29 is 58.2 Å². The van der Waals surface area contributed by atoms with Crippen LogP contribution in [0.2, 0.25) is 0 Å². The Morgan fingerprint density at radius 2 is 1.11 bits per heavy atom. The van der Waals surface area contributed by atoms with E-state index in [4.69, 9.17) is 22.9 Å². The molecule has 13 atom stereocenters. The predicted octanol–water partition coefficient (Wildman–Crippen LogP) is -5.80. The van der Waals surface area contributed by atoms with Crippen molar-refractivity contribution in [3.8, 4) is 0 Å². The van der Waals surface area contributed by atoms with E-state index in [2.05, 4.69) is 72.3 Å². The van der Waals surface area contributed by atoms with E-state index >= 15 is 0 Å². The van der Waals surface area contributed by atoms with E-state index in [1.54, 1.807) is 44.2 Å². The Bertz CT molecular complexity index is 2190. The molecular formula is C52H89N15O12. The number of carbonyl (C=O) groups is 10. The van der Waals surface area contributed by atoms with Crippen molar-refractivity contribution in [2.45, 2.75) is 159 Å². The van der Waals surface area contributed by atoms with Gasteiger partial charge in [0.05, 0.1) is 18.1 Å². The minimum absolute atomic E-state index is 0.0598. The van der Waals surface area contributed by atoms with Crippen LogP contribution in [0, 0.1) is 23.7 Å². The molecule has 2 saturated heterocycles. The molecule has 2 aliphatic heterocycles. The van der Waals surface area contributed by atoms with Crippen molar-refractivity contribution >= 4 is 59.1 Å². The van der Waals surface area contributed by atoms with Crippen LogP contribution in [-0.4, -0.2) is 182 Å². The summed E-state index contributed by atoms with van der Waals surface area (Å²) >= 11 is 0. The van der Waals surface area contributed by atoms with E-state index in [1.165, 1.54) is 13.8 Å². The maximum Gasteiger partial charge on any atom is 0.245 e. The van der Waals surface area contributed by atoms with E-state index < -0.39 is 151 Å². The summed E-state index contributed by atoms with van der Waals surface area (Å²) in [4.78, 5) is 140. The van der Waals surface area contributed by atoms with Gasteiger partial charge in [-0.1, -0.05) is 58.0 Å². The summed E-state index contributed by atoms with van der Waals surface area (Å²) in [6.45, 7) is 9.93. The molecule has 10 amide bonds. The van der Waals surface area contributed by atoms with Crippen LogP contribution < -0.4 is 81.4 Å². The topological polar surface area (TPSA) is 448 Å². The van der Waals surface area contributed by atoms with Gasteiger partial charge in [-0.2, -0.15) is 0 Å². The number of aliphatic hydroxyl groups is 2. The molecule has 27 heteroatoms. The first-order chi connectivity index (χ1) is 37.4. The second-order valence-corrected chi connectivity index (χ2v) is 21.3. The van der Waals surface area contributed by atoms with E-state index in [9.17, 15) is 58.2 Å². The summed E-state index contributed by atoms with van der Waals surface area (Å²) in [7, 11) is 0. The van der Waals surface area contributed by atoms with Crippen molar-refractivity contribution in [3.63, 3.8) is 0 Å². The first-order valence-corrected chi connectivity index (χ1v) is 27.3. The quantitative estimate of drug-likeness (QED) is 0.0545. The summed E-state index contributed by atoms with van der Waals surface area (Å²) in [6, 6.07) is -4.68. The molecule has 1 aromatic rings. The Kier molecular flexibility index (Phi) is 28.7. The number of aliphatic hydroxyl groups excluding tert-OH is 2. The van der Waals surface area contributed by atoms with Crippen LogP contribution in [0.4, 0.5) is 0 Å². The highest BCUT2D eigenvalue weighted by atomic mass is 16.3. The summed E-state index contributed by atoms with van der Waals surface area (Å²) in [6.07, 6.45) is -2.50. The maximum atomic E-state index is 14.4. The molecule has 0 saturated carbocycles. The zero-order valence-corrected chi connectivity index (χ0v) is 46.4. The molecule has 27 nitrogen and oxygen atoms in total. The van der Waals surface area contributed by atoms with Gasteiger partial charge < -0.3 is 91.6 Å². The van der Waals surface area contributed by atoms with Crippen LogP contribution in [0.15, 0.2) is 30.3 Å². The molecule has 0 radical (unpaired) electrons. The third-order valence-corrected chi connectivity index (χ3v) is 13.5. The predicted molar refractivity (Wildman–Crippen MR) is 292 cm³/mol. The van der Waals surface area contributed by atoms with Gasteiger partial charge in [-0.15, -0.1) is 0 Å². The zero-order chi connectivity index (χ0) is 58.9. The van der Waals surface area contributed by atoms with Crippen LogP contribution >= 0.6 is 0 Å². The second-order valence-electron chi connectivity index (χ2n) is 21.3. The molecule has 79 heavy (non-hydrogen) atoms. The summed E-state index contributed by atoms with van der Waals surface area (Å²) in [5, 5.41) is 50.3. The van der Waals surface area contributed by atoms with Crippen molar-refractivity contribution in [2.75, 3.05) is 45.8 Å². The number of carbonyl (C=O) groups excluding carboxylic acids is 10.